The molecule has 3 N–H and O–H groups in total. The molecule has 2 heterocycles. The van der Waals surface area contributed by atoms with Crippen molar-refractivity contribution in [2.75, 3.05) is 6.54 Å². The second-order valence-electron chi connectivity index (χ2n) is 8.90. The van der Waals surface area contributed by atoms with E-state index in [4.69, 9.17) is 0 Å². The quantitative estimate of drug-likeness (QED) is 0.128. The van der Waals surface area contributed by atoms with Gasteiger partial charge in [-0.05, 0) is 48.2 Å². The van der Waals surface area contributed by atoms with E-state index in [-0.39, 0.29) is 17.9 Å². The van der Waals surface area contributed by atoms with E-state index in [2.05, 4.69) is 68.5 Å². The number of aromatic amines is 1. The van der Waals surface area contributed by atoms with E-state index in [1.807, 2.05) is 24.3 Å². The van der Waals surface area contributed by atoms with Gasteiger partial charge < -0.3 is 15.6 Å². The molecule has 5 aromatic rings. The third-order valence-electron chi connectivity index (χ3n) is 6.30. The highest BCUT2D eigenvalue weighted by Crippen LogP contribution is 2.26. The molecule has 0 aliphatic carbocycles. The number of nitrogens with one attached hydrogen (secondary N) is 3. The standard InChI is InChI=1S/C29H27N5O2S2/c35-28(22-9-3-4-11-25(22)37)31-14-6-5-10-23(34-29(36)26-17-30-18-38-26)27-32-16-24(33-27)21-13-12-19-7-1-2-8-20(19)15-21/h1-4,7-9,11-13,15-18,23,37H,5-6,10,14H2,(H,31,35)(H,32,33)(H,34,36)/t23-/m0/s1. The van der Waals surface area contributed by atoms with Crippen LogP contribution in [0.1, 0.15) is 51.2 Å². The molecular weight excluding hydrogens is 514 g/mol. The molecule has 0 fully saturated rings. The number of amides is 2. The van der Waals surface area contributed by atoms with Gasteiger partial charge in [0.25, 0.3) is 11.8 Å². The van der Waals surface area contributed by atoms with Gasteiger partial charge in [-0.15, -0.1) is 24.0 Å². The summed E-state index contributed by atoms with van der Waals surface area (Å²) in [7, 11) is 0. The van der Waals surface area contributed by atoms with Crippen molar-refractivity contribution in [1.82, 2.24) is 25.6 Å². The second-order valence-corrected chi connectivity index (χ2v) is 10.3. The number of rotatable bonds is 10. The van der Waals surface area contributed by atoms with Crippen LogP contribution in [0.4, 0.5) is 0 Å². The van der Waals surface area contributed by atoms with Crippen LogP contribution in [0.5, 0.6) is 0 Å². The summed E-state index contributed by atoms with van der Waals surface area (Å²) in [6, 6.07) is 21.4. The molecule has 0 radical (unpaired) electrons. The zero-order chi connectivity index (χ0) is 26.3. The second kappa shape index (κ2) is 12.1. The van der Waals surface area contributed by atoms with Crippen molar-refractivity contribution in [2.24, 2.45) is 0 Å². The first kappa shape index (κ1) is 25.7. The lowest BCUT2D eigenvalue weighted by atomic mass is 10.1. The van der Waals surface area contributed by atoms with Crippen LogP contribution in [0, 0.1) is 0 Å². The van der Waals surface area contributed by atoms with Crippen LogP contribution in [0.15, 0.2) is 89.5 Å². The van der Waals surface area contributed by atoms with Gasteiger partial charge >= 0.3 is 0 Å². The Bertz CT molecular complexity index is 1550. The van der Waals surface area contributed by atoms with Gasteiger partial charge in [0.1, 0.15) is 10.7 Å². The molecule has 3 aromatic carbocycles. The number of thiol groups is 1. The first-order chi connectivity index (χ1) is 18.6. The van der Waals surface area contributed by atoms with Crippen LogP contribution < -0.4 is 10.6 Å². The Kier molecular flexibility index (Phi) is 8.15. The highest BCUT2D eigenvalue weighted by atomic mass is 32.1. The van der Waals surface area contributed by atoms with E-state index in [0.29, 0.717) is 34.1 Å². The van der Waals surface area contributed by atoms with Gasteiger partial charge in [0.2, 0.25) is 0 Å². The average Bonchev–Trinajstić information content (AvgIpc) is 3.65. The maximum atomic E-state index is 12.8. The predicted octanol–water partition coefficient (Wildman–Crippen LogP) is 6.05. The number of imidazole rings is 1. The average molecular weight is 542 g/mol. The fourth-order valence-corrected chi connectivity index (χ4v) is 5.07. The third kappa shape index (κ3) is 6.12. The minimum absolute atomic E-state index is 0.142. The number of thiazole rings is 1. The predicted molar refractivity (Wildman–Crippen MR) is 154 cm³/mol. The van der Waals surface area contributed by atoms with E-state index in [0.717, 1.165) is 29.5 Å². The van der Waals surface area contributed by atoms with Gasteiger partial charge in [0, 0.05) is 17.0 Å². The highest BCUT2D eigenvalue weighted by Gasteiger charge is 2.20. The molecule has 192 valence electrons. The molecule has 7 nitrogen and oxygen atoms in total. The van der Waals surface area contributed by atoms with E-state index in [1.54, 1.807) is 30.0 Å². The van der Waals surface area contributed by atoms with Gasteiger partial charge in [0.15, 0.2) is 0 Å². The molecule has 0 spiro atoms. The van der Waals surface area contributed by atoms with E-state index < -0.39 is 0 Å². The van der Waals surface area contributed by atoms with Gasteiger partial charge in [0.05, 0.1) is 35.2 Å². The number of hydrogen-bond acceptors (Lipinski definition) is 6. The number of fused-ring (bicyclic) bond motifs is 1. The van der Waals surface area contributed by atoms with Crippen molar-refractivity contribution in [3.8, 4) is 11.3 Å². The first-order valence-corrected chi connectivity index (χ1v) is 13.7. The summed E-state index contributed by atoms with van der Waals surface area (Å²) >= 11 is 5.65. The van der Waals surface area contributed by atoms with Crippen LogP contribution in [0.3, 0.4) is 0 Å². The molecule has 1 atom stereocenters. The number of carbonyl (C=O) groups is 2. The molecule has 5 rings (SSSR count). The lowest BCUT2D eigenvalue weighted by Crippen LogP contribution is -2.29. The van der Waals surface area contributed by atoms with Crippen LogP contribution >= 0.6 is 24.0 Å². The number of unbranched alkanes of at least 4 members (excludes halogenated alkanes) is 1. The molecule has 0 unspecified atom stereocenters. The number of nitrogens with zero attached hydrogens (tertiary/aromatic N) is 2. The van der Waals surface area contributed by atoms with E-state index in [9.17, 15) is 9.59 Å². The Morgan fingerprint density at radius 3 is 2.58 bits per heavy atom. The molecule has 0 aliphatic rings. The largest absolute Gasteiger partial charge is 0.352 e. The molecule has 38 heavy (non-hydrogen) atoms. The zero-order valence-electron chi connectivity index (χ0n) is 20.6. The summed E-state index contributed by atoms with van der Waals surface area (Å²) in [5.41, 5.74) is 4.12. The summed E-state index contributed by atoms with van der Waals surface area (Å²) < 4.78 is 0. The normalized spacial score (nSPS) is 11.8. The molecule has 0 bridgehead atoms. The fourth-order valence-electron chi connectivity index (χ4n) is 4.29. The number of aromatic nitrogens is 3. The van der Waals surface area contributed by atoms with Crippen molar-refractivity contribution in [1.29, 1.82) is 0 Å². The van der Waals surface area contributed by atoms with E-state index in [1.165, 1.54) is 16.7 Å². The molecule has 9 heteroatoms. The molecule has 0 saturated heterocycles. The van der Waals surface area contributed by atoms with Crippen molar-refractivity contribution in [2.45, 2.75) is 30.2 Å². The number of hydrogen-bond donors (Lipinski definition) is 4. The minimum atomic E-state index is -0.312. The van der Waals surface area contributed by atoms with Gasteiger partial charge in [-0.25, -0.2) is 4.98 Å². The van der Waals surface area contributed by atoms with Crippen LogP contribution in [0.2, 0.25) is 0 Å². The van der Waals surface area contributed by atoms with E-state index >= 15 is 0 Å². The van der Waals surface area contributed by atoms with Crippen molar-refractivity contribution >= 4 is 46.6 Å². The van der Waals surface area contributed by atoms with Crippen LogP contribution in [-0.4, -0.2) is 33.3 Å². The van der Waals surface area contributed by atoms with Crippen molar-refractivity contribution < 1.29 is 9.59 Å². The molecular formula is C29H27N5O2S2. The van der Waals surface area contributed by atoms with Gasteiger partial charge in [-0.1, -0.05) is 48.5 Å². The maximum absolute atomic E-state index is 12.8. The fraction of sp³-hybridized carbons (Fsp3) is 0.172. The topological polar surface area (TPSA) is 99.8 Å². The van der Waals surface area contributed by atoms with Crippen LogP contribution in [-0.2, 0) is 0 Å². The molecule has 0 saturated carbocycles. The summed E-state index contributed by atoms with van der Waals surface area (Å²) in [6.07, 6.45) is 5.57. The van der Waals surface area contributed by atoms with Crippen LogP contribution in [0.25, 0.3) is 22.0 Å². The third-order valence-corrected chi connectivity index (χ3v) is 7.46. The van der Waals surface area contributed by atoms with Crippen molar-refractivity contribution in [3.05, 3.63) is 101 Å². The lowest BCUT2D eigenvalue weighted by Gasteiger charge is -2.16. The smallest absolute Gasteiger partial charge is 0.263 e. The Balaban J connectivity index is 1.25. The molecule has 0 aliphatic heterocycles. The summed E-state index contributed by atoms with van der Waals surface area (Å²) in [4.78, 5) is 38.5. The Morgan fingerprint density at radius 1 is 0.947 bits per heavy atom. The monoisotopic (exact) mass is 541 g/mol. The lowest BCUT2D eigenvalue weighted by molar-refractivity contribution is 0.0935. The summed E-state index contributed by atoms with van der Waals surface area (Å²) in [6.45, 7) is 0.525. The minimum Gasteiger partial charge on any atom is -0.352 e. The van der Waals surface area contributed by atoms with Gasteiger partial charge in [-0.3, -0.25) is 14.6 Å². The Morgan fingerprint density at radius 2 is 1.76 bits per heavy atom. The number of benzene rings is 3. The first-order valence-electron chi connectivity index (χ1n) is 12.4. The summed E-state index contributed by atoms with van der Waals surface area (Å²) in [5, 5.41) is 8.38. The Hall–Kier alpha value is -3.95. The zero-order valence-corrected chi connectivity index (χ0v) is 22.3. The summed E-state index contributed by atoms with van der Waals surface area (Å²) in [5.74, 6) is 0.371. The molecule has 2 aromatic heterocycles. The maximum Gasteiger partial charge on any atom is 0.263 e. The van der Waals surface area contributed by atoms with Crippen molar-refractivity contribution in [3.63, 3.8) is 0 Å². The highest BCUT2D eigenvalue weighted by molar-refractivity contribution is 7.80. The SMILES string of the molecule is O=C(N[C@@H](CCCCNC(=O)c1ccccc1S)c1ncc(-c2ccc3ccccc3c2)[nH]1)c1cncs1. The van der Waals surface area contributed by atoms with Gasteiger partial charge in [-0.2, -0.15) is 0 Å². The number of H-pyrrole nitrogens is 1. The number of carbonyl (C=O) groups excluding carboxylic acids is 2. The Labute approximate surface area is 230 Å². The molecule has 2 amide bonds.